The van der Waals surface area contributed by atoms with Gasteiger partial charge in [0.25, 0.3) is 17.7 Å². The van der Waals surface area contributed by atoms with Crippen LogP contribution in [0.3, 0.4) is 0 Å². The molecule has 45 heavy (non-hydrogen) atoms. The van der Waals surface area contributed by atoms with Gasteiger partial charge in [0.05, 0.1) is 25.0 Å². The van der Waals surface area contributed by atoms with Crippen LogP contribution < -0.4 is 26.4 Å². The molecule has 2 aromatic carbocycles. The monoisotopic (exact) mass is 630 g/mol. The van der Waals surface area contributed by atoms with Crippen LogP contribution in [0.15, 0.2) is 53.9 Å². The minimum atomic E-state index is -2.78. The molecule has 1 aliphatic rings. The van der Waals surface area contributed by atoms with Crippen molar-refractivity contribution in [1.29, 1.82) is 0 Å². The Hall–Kier alpha value is -5.07. The van der Waals surface area contributed by atoms with Crippen LogP contribution >= 0.6 is 11.3 Å². The van der Waals surface area contributed by atoms with Crippen molar-refractivity contribution in [3.63, 3.8) is 0 Å². The average molecular weight is 631 g/mol. The predicted octanol–water partition coefficient (Wildman–Crippen LogP) is 4.41. The van der Waals surface area contributed by atoms with E-state index in [-0.39, 0.29) is 45.9 Å². The van der Waals surface area contributed by atoms with Crippen molar-refractivity contribution < 1.29 is 32.8 Å². The zero-order chi connectivity index (χ0) is 34.6. The molecule has 4 aromatic rings. The molecule has 0 fully saturated rings. The number of benzene rings is 2. The number of hydrogen-bond donors (Lipinski definition) is 4. The van der Waals surface area contributed by atoms with Gasteiger partial charge in [-0.05, 0) is 65.4 Å². The normalized spacial score (nSPS) is 13.0. The third-order valence-corrected chi connectivity index (χ3v) is 8.23. The van der Waals surface area contributed by atoms with E-state index in [9.17, 15) is 19.2 Å². The summed E-state index contributed by atoms with van der Waals surface area (Å²) < 4.78 is 33.6. The highest BCUT2D eigenvalue weighted by atomic mass is 32.1. The van der Waals surface area contributed by atoms with Crippen molar-refractivity contribution >= 4 is 40.7 Å². The van der Waals surface area contributed by atoms with E-state index >= 15 is 0 Å². The van der Waals surface area contributed by atoms with Gasteiger partial charge in [0.1, 0.15) is 11.4 Å². The summed E-state index contributed by atoms with van der Waals surface area (Å²) in [7, 11) is 1.18. The van der Waals surface area contributed by atoms with Crippen molar-refractivity contribution in [3.05, 3.63) is 87.6 Å². The molecule has 5 rings (SSSR count). The van der Waals surface area contributed by atoms with Crippen LogP contribution in [-0.4, -0.2) is 55.9 Å². The summed E-state index contributed by atoms with van der Waals surface area (Å²) in [6.07, 6.45) is 1.33. The Morgan fingerprint density at radius 1 is 1.02 bits per heavy atom. The molecule has 3 amide bonds. The zero-order valence-electron chi connectivity index (χ0n) is 27.6. The summed E-state index contributed by atoms with van der Waals surface area (Å²) in [6.45, 7) is -0.0353. The van der Waals surface area contributed by atoms with E-state index in [4.69, 9.17) is 19.3 Å². The summed E-state index contributed by atoms with van der Waals surface area (Å²) in [6, 6.07) is 12.7. The summed E-state index contributed by atoms with van der Waals surface area (Å²) in [5.74, 6) is -2.47. The smallest absolute Gasteiger partial charge is 0.357 e. The summed E-state index contributed by atoms with van der Waals surface area (Å²) in [5, 5.41) is 9.37. The maximum Gasteiger partial charge on any atom is 0.357 e. The van der Waals surface area contributed by atoms with Gasteiger partial charge < -0.3 is 31.2 Å². The van der Waals surface area contributed by atoms with Crippen LogP contribution in [0.2, 0.25) is 0 Å². The van der Waals surface area contributed by atoms with Crippen LogP contribution in [0.4, 0.5) is 5.69 Å². The number of nitrogens with one attached hydrogen (secondary N) is 3. The predicted molar refractivity (Wildman–Crippen MR) is 172 cm³/mol. The van der Waals surface area contributed by atoms with Gasteiger partial charge in [-0.3, -0.25) is 14.4 Å². The molecule has 0 atom stereocenters. The third kappa shape index (κ3) is 6.42. The van der Waals surface area contributed by atoms with E-state index in [2.05, 4.69) is 15.6 Å². The number of amides is 3. The van der Waals surface area contributed by atoms with E-state index in [0.29, 0.717) is 42.9 Å². The quantitative estimate of drug-likeness (QED) is 0.198. The van der Waals surface area contributed by atoms with Gasteiger partial charge in [-0.15, -0.1) is 11.3 Å². The molecule has 0 aliphatic carbocycles. The van der Waals surface area contributed by atoms with E-state index in [1.165, 1.54) is 42.7 Å². The van der Waals surface area contributed by atoms with Crippen LogP contribution in [0.1, 0.15) is 70.3 Å². The van der Waals surface area contributed by atoms with E-state index < -0.39 is 30.7 Å². The minimum absolute atomic E-state index is 0.0160. The number of anilines is 1. The van der Waals surface area contributed by atoms with Crippen LogP contribution in [0, 0.1) is 0 Å². The van der Waals surface area contributed by atoms with E-state index in [1.807, 2.05) is 23.7 Å². The van der Waals surface area contributed by atoms with Crippen LogP contribution in [-0.2, 0) is 17.7 Å². The van der Waals surface area contributed by atoms with Crippen molar-refractivity contribution in [2.75, 3.05) is 32.6 Å². The highest BCUT2D eigenvalue weighted by Gasteiger charge is 2.27. The van der Waals surface area contributed by atoms with Crippen LogP contribution in [0.5, 0.6) is 5.75 Å². The number of pyridine rings is 1. The molecular formula is C33H33N5O6S. The molecule has 11 nitrogen and oxygen atoms in total. The largest absolute Gasteiger partial charge is 0.493 e. The number of methoxy groups -OCH3 is 1. The number of thiophene rings is 1. The van der Waals surface area contributed by atoms with Crippen molar-refractivity contribution in [2.24, 2.45) is 5.73 Å². The Kier molecular flexibility index (Phi) is 8.37. The lowest BCUT2D eigenvalue weighted by molar-refractivity contribution is 0.0594. The van der Waals surface area contributed by atoms with Gasteiger partial charge >= 0.3 is 5.97 Å². The molecule has 3 heterocycles. The second kappa shape index (κ2) is 13.7. The van der Waals surface area contributed by atoms with Gasteiger partial charge in [0.15, 0.2) is 5.69 Å². The first-order chi connectivity index (χ1) is 22.9. The standard InChI is InChI=1S/C33H33N5O6S/c1-4-11-36-32(41)26-8-6-20(28(37-26)33(42)43-3)21-16-27-24(29-19(9-12-44-27)10-13-45-29)15-22(21)31(40)38-25-7-5-18(17-34)14-23(25)30(39)35-2/h5-8,10,13-16H,4,9,11-12,17,34H2,1-3H3,(H,35,39)(H,36,41)(H,38,40)/i2D3. The molecule has 0 spiro atoms. The lowest BCUT2D eigenvalue weighted by Gasteiger charge is -2.18. The van der Waals surface area contributed by atoms with Gasteiger partial charge in [-0.1, -0.05) is 13.0 Å². The summed E-state index contributed by atoms with van der Waals surface area (Å²) in [4.78, 5) is 58.4. The molecule has 0 saturated carbocycles. The van der Waals surface area contributed by atoms with Crippen LogP contribution in [0.25, 0.3) is 21.6 Å². The van der Waals surface area contributed by atoms with E-state index in [0.717, 1.165) is 10.4 Å². The third-order valence-electron chi connectivity index (χ3n) is 7.24. The van der Waals surface area contributed by atoms with Gasteiger partial charge in [-0.25, -0.2) is 9.78 Å². The first-order valence-electron chi connectivity index (χ1n) is 15.7. The van der Waals surface area contributed by atoms with Crippen molar-refractivity contribution in [1.82, 2.24) is 15.6 Å². The maximum atomic E-state index is 14.3. The highest BCUT2D eigenvalue weighted by molar-refractivity contribution is 7.13. The second-order valence-corrected chi connectivity index (χ2v) is 11.0. The first kappa shape index (κ1) is 27.5. The van der Waals surface area contributed by atoms with Crippen molar-refractivity contribution in [2.45, 2.75) is 26.3 Å². The molecule has 0 bridgehead atoms. The zero-order valence-corrected chi connectivity index (χ0v) is 25.4. The van der Waals surface area contributed by atoms with Gasteiger partial charge in [0, 0.05) is 57.7 Å². The molecule has 0 saturated heterocycles. The highest BCUT2D eigenvalue weighted by Crippen LogP contribution is 2.43. The molecule has 2 aromatic heterocycles. The SMILES string of the molecule is [2H]C([2H])([2H])NC(=O)c1cc(CN)ccc1NC(=O)c1cc2c(cc1-c1ccc(C(=O)NCCC)nc1C(=O)OC)OCCc1ccsc1-2. The number of rotatable bonds is 9. The lowest BCUT2D eigenvalue weighted by atomic mass is 9.93. The first-order valence-corrected chi connectivity index (χ1v) is 15.0. The maximum absolute atomic E-state index is 14.3. The van der Waals surface area contributed by atoms with Crippen molar-refractivity contribution in [3.8, 4) is 27.3 Å². The fourth-order valence-corrected chi connectivity index (χ4v) is 5.96. The fourth-order valence-electron chi connectivity index (χ4n) is 4.98. The number of esters is 1. The summed E-state index contributed by atoms with van der Waals surface area (Å²) in [5.41, 5.74) is 8.22. The Morgan fingerprint density at radius 3 is 2.62 bits per heavy atom. The summed E-state index contributed by atoms with van der Waals surface area (Å²) >= 11 is 1.49. The van der Waals surface area contributed by atoms with Gasteiger partial charge in [-0.2, -0.15) is 0 Å². The molecule has 0 radical (unpaired) electrons. The molecule has 232 valence electrons. The lowest BCUT2D eigenvalue weighted by Crippen LogP contribution is -2.26. The Bertz CT molecular complexity index is 1910. The van der Waals surface area contributed by atoms with Gasteiger partial charge in [0.2, 0.25) is 0 Å². The fraction of sp³-hybridized carbons (Fsp3) is 0.242. The second-order valence-electron chi connectivity index (χ2n) is 10.1. The molecular weight excluding hydrogens is 594 g/mol. The topological polar surface area (TPSA) is 162 Å². The Morgan fingerprint density at radius 2 is 1.87 bits per heavy atom. The number of hydrogen-bond acceptors (Lipinski definition) is 9. The number of fused-ring (bicyclic) bond motifs is 3. The number of aromatic nitrogens is 1. The Labute approximate surface area is 268 Å². The average Bonchev–Trinajstić information content (AvgIpc) is 3.46. The molecule has 5 N–H and O–H groups in total. The van der Waals surface area contributed by atoms with E-state index in [1.54, 1.807) is 18.2 Å². The molecule has 0 unspecified atom stereocenters. The number of carbonyl (C=O) groups excluding carboxylic acids is 4. The number of nitrogens with two attached hydrogens (primary N) is 1. The Balaban J connectivity index is 1.68. The minimum Gasteiger partial charge on any atom is -0.493 e. The molecule has 12 heteroatoms. The number of nitrogens with zero attached hydrogens (tertiary/aromatic N) is 1. The number of carbonyl (C=O) groups is 4. The molecule has 1 aliphatic heterocycles. The number of ether oxygens (including phenoxy) is 2.